The minimum atomic E-state index is -0.218. The van der Waals surface area contributed by atoms with Gasteiger partial charge in [-0.2, -0.15) is 0 Å². The Labute approximate surface area is 97.5 Å². The first kappa shape index (κ1) is 12.3. The molecular formula is C12H24NO3+. The molecule has 0 aromatic heterocycles. The maximum atomic E-state index is 9.65. The first-order valence-electron chi connectivity index (χ1n) is 6.23. The van der Waals surface area contributed by atoms with Crippen molar-refractivity contribution >= 4 is 0 Å². The van der Waals surface area contributed by atoms with Gasteiger partial charge in [0.2, 0.25) is 0 Å². The molecule has 2 saturated heterocycles. The monoisotopic (exact) mass is 230 g/mol. The zero-order valence-corrected chi connectivity index (χ0v) is 10.7. The van der Waals surface area contributed by atoms with Crippen LogP contribution in [0.3, 0.4) is 0 Å². The van der Waals surface area contributed by atoms with Gasteiger partial charge >= 0.3 is 0 Å². The van der Waals surface area contributed by atoms with Gasteiger partial charge in [-0.3, -0.25) is 4.90 Å². The third-order valence-corrected chi connectivity index (χ3v) is 3.82. The average Bonchev–Trinajstić information content (AvgIpc) is 2.72. The van der Waals surface area contributed by atoms with E-state index in [2.05, 4.69) is 27.7 Å². The summed E-state index contributed by atoms with van der Waals surface area (Å²) < 4.78 is 11.8. The van der Waals surface area contributed by atoms with Crippen molar-refractivity contribution in [2.45, 2.75) is 45.7 Å². The lowest BCUT2D eigenvalue weighted by molar-refractivity contribution is -0.995. The molecule has 0 unspecified atom stereocenters. The Morgan fingerprint density at radius 3 is 1.88 bits per heavy atom. The number of ether oxygens (including phenoxy) is 2. The number of hydrogen-bond donors (Lipinski definition) is 2. The second-order valence-electron chi connectivity index (χ2n) is 5.85. The largest absolute Gasteiger partial charge is 0.390 e. The maximum absolute atomic E-state index is 9.65. The van der Waals surface area contributed by atoms with Gasteiger partial charge in [0.1, 0.15) is 19.8 Å². The molecule has 0 aromatic rings. The van der Waals surface area contributed by atoms with Crippen LogP contribution in [0.5, 0.6) is 0 Å². The predicted molar refractivity (Wildman–Crippen MR) is 59.9 cm³/mol. The third kappa shape index (κ3) is 1.68. The van der Waals surface area contributed by atoms with Crippen molar-refractivity contribution in [1.82, 2.24) is 0 Å². The Morgan fingerprint density at radius 2 is 1.56 bits per heavy atom. The number of rotatable bonds is 3. The summed E-state index contributed by atoms with van der Waals surface area (Å²) in [7, 11) is 0. The summed E-state index contributed by atoms with van der Waals surface area (Å²) in [5.74, 6) is 0.901. The smallest absolute Gasteiger partial charge is 0.196 e. The number of fused-ring (bicyclic) bond motifs is 1. The van der Waals surface area contributed by atoms with E-state index in [0.29, 0.717) is 25.0 Å². The van der Waals surface area contributed by atoms with Gasteiger partial charge in [0.05, 0.1) is 0 Å². The summed E-state index contributed by atoms with van der Waals surface area (Å²) in [6, 6.07) is 0. The Morgan fingerprint density at radius 1 is 1.12 bits per heavy atom. The number of aliphatic hydroxyl groups is 1. The van der Waals surface area contributed by atoms with Crippen LogP contribution in [0.25, 0.3) is 0 Å². The van der Waals surface area contributed by atoms with Gasteiger partial charge in [0.25, 0.3) is 0 Å². The molecule has 2 atom stereocenters. The molecule has 2 aliphatic rings. The van der Waals surface area contributed by atoms with Crippen LogP contribution in [-0.4, -0.2) is 42.9 Å². The van der Waals surface area contributed by atoms with Crippen molar-refractivity contribution in [3.63, 3.8) is 0 Å². The standard InChI is InChI=1S/C12H23NO3/c1-8(2)10-13-11(9(3)4)16-7-12(13,5-14)6-15-10/h8-11,14H,5-7H2,1-4H3/p+1/t10-,11-/m1/s1. The van der Waals surface area contributed by atoms with E-state index in [-0.39, 0.29) is 24.6 Å². The number of nitrogens with one attached hydrogen (secondary N) is 1. The van der Waals surface area contributed by atoms with Crippen molar-refractivity contribution in [3.8, 4) is 0 Å². The molecule has 0 saturated carbocycles. The second kappa shape index (κ2) is 4.26. The number of quaternary nitrogens is 1. The van der Waals surface area contributed by atoms with E-state index in [4.69, 9.17) is 9.47 Å². The average molecular weight is 230 g/mol. The van der Waals surface area contributed by atoms with Crippen LogP contribution in [0.4, 0.5) is 0 Å². The summed E-state index contributed by atoms with van der Waals surface area (Å²) in [6.45, 7) is 10.0. The molecule has 0 spiro atoms. The Kier molecular flexibility index (Phi) is 3.27. The molecule has 0 amide bonds. The van der Waals surface area contributed by atoms with Gasteiger partial charge < -0.3 is 14.6 Å². The molecule has 2 aliphatic heterocycles. The van der Waals surface area contributed by atoms with E-state index in [9.17, 15) is 5.11 Å². The van der Waals surface area contributed by atoms with E-state index in [1.165, 1.54) is 4.90 Å². The molecule has 94 valence electrons. The zero-order valence-electron chi connectivity index (χ0n) is 10.7. The molecule has 16 heavy (non-hydrogen) atoms. The Balaban J connectivity index is 2.25. The van der Waals surface area contributed by atoms with Crippen LogP contribution in [0, 0.1) is 11.8 Å². The van der Waals surface area contributed by atoms with Gasteiger partial charge in [-0.25, -0.2) is 0 Å². The quantitative estimate of drug-likeness (QED) is 0.695. The minimum Gasteiger partial charge on any atom is -0.390 e. The summed E-state index contributed by atoms with van der Waals surface area (Å²) in [4.78, 5) is 1.31. The molecular weight excluding hydrogens is 206 g/mol. The molecule has 0 bridgehead atoms. The van der Waals surface area contributed by atoms with Gasteiger partial charge in [0, 0.05) is 11.8 Å². The van der Waals surface area contributed by atoms with Gasteiger partial charge in [0.15, 0.2) is 18.0 Å². The Hall–Kier alpha value is -0.160. The molecule has 2 rings (SSSR count). The van der Waals surface area contributed by atoms with E-state index in [1.54, 1.807) is 0 Å². The SMILES string of the molecule is CC(C)[C@H]1OCC2(CO)CO[C@H](C(C)C)[NH+]12. The van der Waals surface area contributed by atoms with E-state index < -0.39 is 0 Å². The number of aliphatic hydroxyl groups excluding tert-OH is 1. The van der Waals surface area contributed by atoms with Crippen LogP contribution < -0.4 is 4.90 Å². The van der Waals surface area contributed by atoms with Gasteiger partial charge in [-0.05, 0) is 0 Å². The summed E-state index contributed by atoms with van der Waals surface area (Å²) in [5.41, 5.74) is -0.218. The fourth-order valence-electron chi connectivity index (χ4n) is 2.94. The normalized spacial score (nSPS) is 43.3. The lowest BCUT2D eigenvalue weighted by Gasteiger charge is -2.32. The van der Waals surface area contributed by atoms with E-state index in [1.807, 2.05) is 0 Å². The molecule has 2 fully saturated rings. The molecule has 4 heteroatoms. The van der Waals surface area contributed by atoms with Crippen molar-refractivity contribution in [2.75, 3.05) is 19.8 Å². The van der Waals surface area contributed by atoms with Crippen LogP contribution >= 0.6 is 0 Å². The lowest BCUT2D eigenvalue weighted by Crippen LogP contribution is -3.24. The highest BCUT2D eigenvalue weighted by Crippen LogP contribution is 2.23. The molecule has 2 heterocycles. The third-order valence-electron chi connectivity index (χ3n) is 3.82. The topological polar surface area (TPSA) is 43.1 Å². The number of hydrogen-bond acceptors (Lipinski definition) is 3. The fourth-order valence-corrected chi connectivity index (χ4v) is 2.94. The van der Waals surface area contributed by atoms with Crippen molar-refractivity contribution in [1.29, 1.82) is 0 Å². The molecule has 0 aromatic carbocycles. The van der Waals surface area contributed by atoms with Crippen molar-refractivity contribution in [3.05, 3.63) is 0 Å². The Bertz CT molecular complexity index is 235. The first-order chi connectivity index (χ1) is 7.52. The zero-order chi connectivity index (χ0) is 11.9. The molecule has 4 nitrogen and oxygen atoms in total. The van der Waals surface area contributed by atoms with Crippen molar-refractivity contribution < 1.29 is 19.5 Å². The first-order valence-corrected chi connectivity index (χ1v) is 6.23. The molecule has 2 N–H and O–H groups in total. The minimum absolute atomic E-state index is 0.148. The van der Waals surface area contributed by atoms with Crippen LogP contribution in [0.15, 0.2) is 0 Å². The predicted octanol–water partition coefficient (Wildman–Crippen LogP) is -0.373. The maximum Gasteiger partial charge on any atom is 0.196 e. The highest BCUT2D eigenvalue weighted by atomic mass is 16.6. The highest BCUT2D eigenvalue weighted by molar-refractivity contribution is 4.87. The van der Waals surface area contributed by atoms with Crippen LogP contribution in [0.1, 0.15) is 27.7 Å². The van der Waals surface area contributed by atoms with E-state index >= 15 is 0 Å². The van der Waals surface area contributed by atoms with Gasteiger partial charge in [-0.1, -0.05) is 27.7 Å². The second-order valence-corrected chi connectivity index (χ2v) is 5.85. The van der Waals surface area contributed by atoms with Crippen LogP contribution in [0.2, 0.25) is 0 Å². The van der Waals surface area contributed by atoms with Gasteiger partial charge in [-0.15, -0.1) is 0 Å². The summed E-state index contributed by atoms with van der Waals surface area (Å²) in [5, 5.41) is 9.65. The lowest BCUT2D eigenvalue weighted by atomic mass is 10.00. The highest BCUT2D eigenvalue weighted by Gasteiger charge is 2.61. The molecule has 0 radical (unpaired) electrons. The molecule has 0 aliphatic carbocycles. The fraction of sp³-hybridized carbons (Fsp3) is 1.00. The van der Waals surface area contributed by atoms with Crippen molar-refractivity contribution in [2.24, 2.45) is 11.8 Å². The summed E-state index contributed by atoms with van der Waals surface area (Å²) >= 11 is 0. The van der Waals surface area contributed by atoms with E-state index in [0.717, 1.165) is 0 Å². The van der Waals surface area contributed by atoms with Crippen LogP contribution in [-0.2, 0) is 9.47 Å². The summed E-state index contributed by atoms with van der Waals surface area (Å²) in [6.07, 6.45) is 0.309.